The molecule has 102 valence electrons. The number of rotatable bonds is 6. The molecule has 0 amide bonds. The molecule has 18 heavy (non-hydrogen) atoms. The van der Waals surface area contributed by atoms with Gasteiger partial charge in [-0.3, -0.25) is 0 Å². The Morgan fingerprint density at radius 2 is 1.89 bits per heavy atom. The van der Waals surface area contributed by atoms with E-state index in [2.05, 4.69) is 63.3 Å². The van der Waals surface area contributed by atoms with Crippen LogP contribution in [0.2, 0.25) is 0 Å². The predicted octanol–water partition coefficient (Wildman–Crippen LogP) is 3.15. The molecule has 2 nitrogen and oxygen atoms in total. The lowest BCUT2D eigenvalue weighted by molar-refractivity contribution is 0.203. The van der Waals surface area contributed by atoms with E-state index in [9.17, 15) is 0 Å². The molecule has 0 spiro atoms. The van der Waals surface area contributed by atoms with Gasteiger partial charge in [0.05, 0.1) is 0 Å². The van der Waals surface area contributed by atoms with Crippen LogP contribution >= 0.6 is 0 Å². The second kappa shape index (κ2) is 6.91. The van der Waals surface area contributed by atoms with E-state index in [4.69, 9.17) is 0 Å². The monoisotopic (exact) mass is 248 g/mol. The SMILES string of the molecule is CCC(CNC)C(c1cc(C)ccc1C)N(C)C. The molecule has 0 aliphatic heterocycles. The van der Waals surface area contributed by atoms with Crippen LogP contribution in [0.25, 0.3) is 0 Å². The summed E-state index contributed by atoms with van der Waals surface area (Å²) in [5, 5.41) is 3.33. The van der Waals surface area contributed by atoms with Crippen molar-refractivity contribution in [3.63, 3.8) is 0 Å². The quantitative estimate of drug-likeness (QED) is 0.832. The summed E-state index contributed by atoms with van der Waals surface area (Å²) < 4.78 is 0. The second-order valence-electron chi connectivity index (χ2n) is 5.49. The number of nitrogens with one attached hydrogen (secondary N) is 1. The van der Waals surface area contributed by atoms with Gasteiger partial charge in [0.2, 0.25) is 0 Å². The maximum absolute atomic E-state index is 3.33. The summed E-state index contributed by atoms with van der Waals surface area (Å²) in [6.45, 7) is 7.74. The fourth-order valence-corrected chi connectivity index (χ4v) is 2.77. The third-order valence-electron chi connectivity index (χ3n) is 3.75. The van der Waals surface area contributed by atoms with Gasteiger partial charge in [-0.15, -0.1) is 0 Å². The Morgan fingerprint density at radius 3 is 2.39 bits per heavy atom. The molecule has 2 unspecified atom stereocenters. The first-order valence-corrected chi connectivity index (χ1v) is 6.89. The molecular weight excluding hydrogens is 220 g/mol. The Kier molecular flexibility index (Phi) is 5.83. The Balaban J connectivity index is 3.14. The minimum absolute atomic E-state index is 0.488. The minimum atomic E-state index is 0.488. The lowest BCUT2D eigenvalue weighted by Gasteiger charge is -2.33. The van der Waals surface area contributed by atoms with Crippen molar-refractivity contribution in [1.29, 1.82) is 0 Å². The standard InChI is InChI=1S/C16H28N2/c1-7-14(11-17-4)16(18(5)6)15-10-12(2)8-9-13(15)3/h8-10,14,16-17H,7,11H2,1-6H3. The van der Waals surface area contributed by atoms with E-state index in [0.29, 0.717) is 12.0 Å². The Morgan fingerprint density at radius 1 is 1.22 bits per heavy atom. The van der Waals surface area contributed by atoms with Crippen LogP contribution < -0.4 is 5.32 Å². The van der Waals surface area contributed by atoms with Crippen molar-refractivity contribution in [2.24, 2.45) is 5.92 Å². The van der Waals surface area contributed by atoms with Gasteiger partial charge < -0.3 is 10.2 Å². The highest BCUT2D eigenvalue weighted by atomic mass is 15.1. The maximum Gasteiger partial charge on any atom is 0.0384 e. The van der Waals surface area contributed by atoms with Gasteiger partial charge in [0.25, 0.3) is 0 Å². The van der Waals surface area contributed by atoms with Gasteiger partial charge in [-0.25, -0.2) is 0 Å². The third kappa shape index (κ3) is 3.56. The fraction of sp³-hybridized carbons (Fsp3) is 0.625. The van der Waals surface area contributed by atoms with Gasteiger partial charge >= 0.3 is 0 Å². The number of aryl methyl sites for hydroxylation is 2. The van der Waals surface area contributed by atoms with Crippen LogP contribution in [-0.4, -0.2) is 32.6 Å². The van der Waals surface area contributed by atoms with E-state index in [-0.39, 0.29) is 0 Å². The maximum atomic E-state index is 3.33. The predicted molar refractivity (Wildman–Crippen MR) is 80.1 cm³/mol. The van der Waals surface area contributed by atoms with E-state index in [1.165, 1.54) is 23.1 Å². The van der Waals surface area contributed by atoms with Gasteiger partial charge in [-0.2, -0.15) is 0 Å². The fourth-order valence-electron chi connectivity index (χ4n) is 2.77. The lowest BCUT2D eigenvalue weighted by Crippen LogP contribution is -2.33. The summed E-state index contributed by atoms with van der Waals surface area (Å²) in [5.74, 6) is 0.644. The smallest absolute Gasteiger partial charge is 0.0384 e. The molecule has 0 radical (unpaired) electrons. The largest absolute Gasteiger partial charge is 0.319 e. The summed E-state index contributed by atoms with van der Waals surface area (Å²) in [7, 11) is 6.41. The van der Waals surface area contributed by atoms with Crippen LogP contribution in [0.15, 0.2) is 18.2 Å². The van der Waals surface area contributed by atoms with Crippen molar-refractivity contribution in [3.8, 4) is 0 Å². The topological polar surface area (TPSA) is 15.3 Å². The van der Waals surface area contributed by atoms with E-state index < -0.39 is 0 Å². The van der Waals surface area contributed by atoms with Gasteiger partial charge in [-0.1, -0.05) is 37.1 Å². The molecule has 0 saturated heterocycles. The van der Waals surface area contributed by atoms with Gasteiger partial charge in [0.1, 0.15) is 0 Å². The van der Waals surface area contributed by atoms with Crippen molar-refractivity contribution < 1.29 is 0 Å². The third-order valence-corrected chi connectivity index (χ3v) is 3.75. The Hall–Kier alpha value is -0.860. The van der Waals surface area contributed by atoms with Crippen molar-refractivity contribution >= 4 is 0 Å². The Labute approximate surface area is 112 Å². The van der Waals surface area contributed by atoms with Crippen molar-refractivity contribution in [2.75, 3.05) is 27.7 Å². The van der Waals surface area contributed by atoms with E-state index >= 15 is 0 Å². The summed E-state index contributed by atoms with van der Waals surface area (Å²) in [6, 6.07) is 7.28. The lowest BCUT2D eigenvalue weighted by atomic mass is 9.87. The van der Waals surface area contributed by atoms with Gasteiger partial charge in [-0.05, 0) is 58.6 Å². The molecule has 1 aromatic rings. The molecule has 1 rings (SSSR count). The van der Waals surface area contributed by atoms with Crippen LogP contribution in [0, 0.1) is 19.8 Å². The molecule has 2 atom stereocenters. The number of benzene rings is 1. The zero-order valence-corrected chi connectivity index (χ0v) is 12.7. The molecule has 1 N–H and O–H groups in total. The van der Waals surface area contributed by atoms with Crippen LogP contribution in [0.4, 0.5) is 0 Å². The first-order chi connectivity index (χ1) is 8.51. The molecule has 0 fully saturated rings. The van der Waals surface area contributed by atoms with E-state index in [0.717, 1.165) is 6.54 Å². The van der Waals surface area contributed by atoms with E-state index in [1.807, 2.05) is 7.05 Å². The van der Waals surface area contributed by atoms with Crippen molar-refractivity contribution in [3.05, 3.63) is 34.9 Å². The second-order valence-corrected chi connectivity index (χ2v) is 5.49. The number of hydrogen-bond donors (Lipinski definition) is 1. The molecular formula is C16H28N2. The zero-order chi connectivity index (χ0) is 13.7. The molecule has 0 saturated carbocycles. The Bertz CT molecular complexity index is 371. The highest BCUT2D eigenvalue weighted by Gasteiger charge is 2.24. The van der Waals surface area contributed by atoms with E-state index in [1.54, 1.807) is 0 Å². The molecule has 0 bridgehead atoms. The summed E-state index contributed by atoms with van der Waals surface area (Å²) in [5.41, 5.74) is 4.22. The molecule has 1 aromatic carbocycles. The van der Waals surface area contributed by atoms with Crippen LogP contribution in [0.1, 0.15) is 36.1 Å². The van der Waals surface area contributed by atoms with Gasteiger partial charge in [0, 0.05) is 6.04 Å². The highest BCUT2D eigenvalue weighted by Crippen LogP contribution is 2.31. The van der Waals surface area contributed by atoms with Gasteiger partial charge in [0.15, 0.2) is 0 Å². The molecule has 0 aliphatic carbocycles. The first kappa shape index (κ1) is 15.2. The van der Waals surface area contributed by atoms with Crippen LogP contribution in [0.3, 0.4) is 0 Å². The minimum Gasteiger partial charge on any atom is -0.319 e. The number of hydrogen-bond acceptors (Lipinski definition) is 2. The molecule has 2 heteroatoms. The normalized spacial score (nSPS) is 14.8. The summed E-state index contributed by atoms with van der Waals surface area (Å²) in [6.07, 6.45) is 1.19. The summed E-state index contributed by atoms with van der Waals surface area (Å²) >= 11 is 0. The zero-order valence-electron chi connectivity index (χ0n) is 12.7. The molecule has 0 aliphatic rings. The van der Waals surface area contributed by atoms with Crippen LogP contribution in [0.5, 0.6) is 0 Å². The first-order valence-electron chi connectivity index (χ1n) is 6.89. The van der Waals surface area contributed by atoms with Crippen LogP contribution in [-0.2, 0) is 0 Å². The average Bonchev–Trinajstić information content (AvgIpc) is 2.32. The number of nitrogens with zero attached hydrogens (tertiary/aromatic N) is 1. The molecule has 0 aromatic heterocycles. The summed E-state index contributed by atoms with van der Waals surface area (Å²) in [4.78, 5) is 2.35. The molecule has 0 heterocycles. The highest BCUT2D eigenvalue weighted by molar-refractivity contribution is 5.33. The van der Waals surface area contributed by atoms with Crippen molar-refractivity contribution in [1.82, 2.24) is 10.2 Å². The van der Waals surface area contributed by atoms with Crippen molar-refractivity contribution in [2.45, 2.75) is 33.2 Å². The average molecular weight is 248 g/mol.